The summed E-state index contributed by atoms with van der Waals surface area (Å²) in [6.07, 6.45) is 1.16. The third kappa shape index (κ3) is 1.33. The van der Waals surface area contributed by atoms with E-state index in [0.717, 1.165) is 24.5 Å². The molecule has 0 aromatic carbocycles. The van der Waals surface area contributed by atoms with Crippen LogP contribution in [-0.2, 0) is 13.0 Å². The number of nitrogens with two attached hydrogens (primary N) is 1. The Hall–Kier alpha value is -0.580. The molecule has 4 heteroatoms. The number of nitrogens with zero attached hydrogens (tertiary/aromatic N) is 1. The molecule has 0 unspecified atom stereocenters. The van der Waals surface area contributed by atoms with Gasteiger partial charge in [-0.3, -0.25) is 0 Å². The van der Waals surface area contributed by atoms with Gasteiger partial charge >= 0.3 is 0 Å². The zero-order chi connectivity index (χ0) is 8.55. The van der Waals surface area contributed by atoms with E-state index >= 15 is 0 Å². The first kappa shape index (κ1) is 8.04. The van der Waals surface area contributed by atoms with Gasteiger partial charge in [-0.1, -0.05) is 0 Å². The molecular weight excluding hydrogens is 170 g/mol. The van der Waals surface area contributed by atoms with Crippen LogP contribution in [0.15, 0.2) is 6.07 Å². The number of hydrogen-bond acceptors (Lipinski definition) is 4. The van der Waals surface area contributed by atoms with Crippen molar-refractivity contribution in [3.63, 3.8) is 0 Å². The van der Waals surface area contributed by atoms with Gasteiger partial charge in [0.05, 0.1) is 0 Å². The van der Waals surface area contributed by atoms with Crippen LogP contribution in [0.2, 0.25) is 0 Å². The maximum Gasteiger partial charge on any atom is 0.103 e. The number of anilines is 1. The number of likely N-dealkylation sites (N-methyl/N-ethyl adjacent to an activating group) is 1. The average Bonchev–Trinajstić information content (AvgIpc) is 2.46. The number of nitrogens with one attached hydrogen (secondary N) is 1. The quantitative estimate of drug-likeness (QED) is 0.504. The van der Waals surface area contributed by atoms with E-state index in [0.29, 0.717) is 0 Å². The Morgan fingerprint density at radius 2 is 2.50 bits per heavy atom. The maximum absolute atomic E-state index is 5.34. The van der Waals surface area contributed by atoms with Gasteiger partial charge in [0.15, 0.2) is 0 Å². The van der Waals surface area contributed by atoms with Crippen LogP contribution in [0.5, 0.6) is 0 Å². The van der Waals surface area contributed by atoms with Gasteiger partial charge in [0.25, 0.3) is 0 Å². The van der Waals surface area contributed by atoms with Crippen LogP contribution in [0.4, 0.5) is 5.00 Å². The Labute approximate surface area is 76.1 Å². The van der Waals surface area contributed by atoms with Gasteiger partial charge in [-0.2, -0.15) is 0 Å². The van der Waals surface area contributed by atoms with Gasteiger partial charge in [-0.05, 0) is 25.1 Å². The van der Waals surface area contributed by atoms with E-state index in [1.165, 1.54) is 10.4 Å². The van der Waals surface area contributed by atoms with E-state index < -0.39 is 0 Å². The lowest BCUT2D eigenvalue weighted by Crippen LogP contribution is -2.24. The van der Waals surface area contributed by atoms with Gasteiger partial charge < -0.3 is 10.3 Å². The highest BCUT2D eigenvalue weighted by atomic mass is 32.1. The first-order valence-corrected chi connectivity index (χ1v) is 4.88. The normalized spacial score (nSPS) is 17.5. The molecule has 0 fully saturated rings. The number of rotatable bonds is 1. The van der Waals surface area contributed by atoms with Crippen LogP contribution < -0.4 is 11.3 Å². The fourth-order valence-electron chi connectivity index (χ4n) is 1.52. The van der Waals surface area contributed by atoms with E-state index in [-0.39, 0.29) is 0 Å². The van der Waals surface area contributed by atoms with Crippen LogP contribution in [0, 0.1) is 0 Å². The molecule has 0 saturated heterocycles. The van der Waals surface area contributed by atoms with Gasteiger partial charge in [0, 0.05) is 18.0 Å². The lowest BCUT2D eigenvalue weighted by atomic mass is 10.1. The predicted molar refractivity (Wildman–Crippen MR) is 52.2 cm³/mol. The van der Waals surface area contributed by atoms with E-state index in [1.807, 2.05) is 0 Å². The molecule has 12 heavy (non-hydrogen) atoms. The molecule has 1 aliphatic heterocycles. The van der Waals surface area contributed by atoms with Crippen molar-refractivity contribution in [1.82, 2.24) is 4.90 Å². The van der Waals surface area contributed by atoms with Crippen LogP contribution in [-0.4, -0.2) is 18.5 Å². The van der Waals surface area contributed by atoms with Crippen molar-refractivity contribution in [3.8, 4) is 0 Å². The smallest absolute Gasteiger partial charge is 0.103 e. The molecular formula is C8H13N3S. The van der Waals surface area contributed by atoms with E-state index in [9.17, 15) is 0 Å². The Morgan fingerprint density at radius 1 is 1.67 bits per heavy atom. The summed E-state index contributed by atoms with van der Waals surface area (Å²) in [5.74, 6) is 5.34. The van der Waals surface area contributed by atoms with Gasteiger partial charge in [0.2, 0.25) is 0 Å². The Balaban J connectivity index is 2.28. The fourth-order valence-corrected chi connectivity index (χ4v) is 2.62. The van der Waals surface area contributed by atoms with Crippen molar-refractivity contribution < 1.29 is 0 Å². The monoisotopic (exact) mass is 183 g/mol. The van der Waals surface area contributed by atoms with Crippen LogP contribution >= 0.6 is 11.3 Å². The van der Waals surface area contributed by atoms with E-state index in [1.54, 1.807) is 11.3 Å². The summed E-state index contributed by atoms with van der Waals surface area (Å²) in [5.41, 5.74) is 4.16. The van der Waals surface area contributed by atoms with E-state index in [4.69, 9.17) is 5.84 Å². The van der Waals surface area contributed by atoms with Crippen molar-refractivity contribution in [2.24, 2.45) is 5.84 Å². The number of nitrogen functional groups attached to an aromatic ring is 1. The van der Waals surface area contributed by atoms with Crippen LogP contribution in [0.1, 0.15) is 10.4 Å². The van der Waals surface area contributed by atoms with Crippen molar-refractivity contribution in [3.05, 3.63) is 16.5 Å². The zero-order valence-electron chi connectivity index (χ0n) is 7.13. The lowest BCUT2D eigenvalue weighted by molar-refractivity contribution is 0.317. The molecule has 0 saturated carbocycles. The number of hydrogen-bond donors (Lipinski definition) is 2. The SMILES string of the molecule is CN1CCc2cc(NN)sc2C1. The molecule has 0 bridgehead atoms. The molecule has 0 amide bonds. The Bertz CT molecular complexity index is 282. The lowest BCUT2D eigenvalue weighted by Gasteiger charge is -2.21. The molecule has 3 N–H and O–H groups in total. The fraction of sp³-hybridized carbons (Fsp3) is 0.500. The number of hydrazine groups is 1. The summed E-state index contributed by atoms with van der Waals surface area (Å²) in [4.78, 5) is 3.79. The molecule has 0 atom stereocenters. The van der Waals surface area contributed by atoms with Gasteiger partial charge in [0.1, 0.15) is 5.00 Å². The van der Waals surface area contributed by atoms with Gasteiger partial charge in [-0.25, -0.2) is 5.84 Å². The van der Waals surface area contributed by atoms with Crippen molar-refractivity contribution >= 4 is 16.3 Å². The minimum absolute atomic E-state index is 1.07. The van der Waals surface area contributed by atoms with Crippen LogP contribution in [0.25, 0.3) is 0 Å². The largest absolute Gasteiger partial charge is 0.315 e. The predicted octanol–water partition coefficient (Wildman–Crippen LogP) is 1.02. The average molecular weight is 183 g/mol. The highest BCUT2D eigenvalue weighted by Crippen LogP contribution is 2.30. The number of fused-ring (bicyclic) bond motifs is 1. The molecule has 0 spiro atoms. The van der Waals surface area contributed by atoms with Gasteiger partial charge in [-0.15, -0.1) is 11.3 Å². The zero-order valence-corrected chi connectivity index (χ0v) is 7.95. The molecule has 2 rings (SSSR count). The first-order chi connectivity index (χ1) is 5.79. The third-order valence-corrected chi connectivity index (χ3v) is 3.31. The Morgan fingerprint density at radius 3 is 3.25 bits per heavy atom. The highest BCUT2D eigenvalue weighted by molar-refractivity contribution is 7.16. The molecule has 1 aromatic rings. The van der Waals surface area contributed by atoms with Crippen LogP contribution in [0.3, 0.4) is 0 Å². The minimum Gasteiger partial charge on any atom is -0.315 e. The first-order valence-electron chi connectivity index (χ1n) is 4.06. The second-order valence-electron chi connectivity index (χ2n) is 3.19. The van der Waals surface area contributed by atoms with Crippen molar-refractivity contribution in [1.29, 1.82) is 0 Å². The maximum atomic E-state index is 5.34. The second kappa shape index (κ2) is 3.05. The summed E-state index contributed by atoms with van der Waals surface area (Å²) < 4.78 is 0. The molecule has 0 aliphatic carbocycles. The van der Waals surface area contributed by atoms with Crippen molar-refractivity contribution in [2.45, 2.75) is 13.0 Å². The summed E-state index contributed by atoms with van der Waals surface area (Å²) in [7, 11) is 2.15. The topological polar surface area (TPSA) is 41.3 Å². The minimum atomic E-state index is 1.07. The van der Waals surface area contributed by atoms with Crippen molar-refractivity contribution in [2.75, 3.05) is 19.0 Å². The summed E-state index contributed by atoms with van der Waals surface area (Å²) in [6, 6.07) is 2.16. The Kier molecular flexibility index (Phi) is 2.04. The summed E-state index contributed by atoms with van der Waals surface area (Å²) >= 11 is 1.76. The summed E-state index contributed by atoms with van der Waals surface area (Å²) in [5, 5.41) is 1.08. The second-order valence-corrected chi connectivity index (χ2v) is 4.33. The standard InChI is InChI=1S/C8H13N3S/c1-11-3-2-6-4-8(10-9)12-7(6)5-11/h4,10H,2-3,5,9H2,1H3. The highest BCUT2D eigenvalue weighted by Gasteiger charge is 2.15. The number of thiophene rings is 1. The molecule has 2 heterocycles. The third-order valence-electron chi connectivity index (χ3n) is 2.22. The summed E-state index contributed by atoms with van der Waals surface area (Å²) in [6.45, 7) is 2.23. The molecule has 3 nitrogen and oxygen atoms in total. The molecule has 1 aliphatic rings. The molecule has 0 radical (unpaired) electrons. The van der Waals surface area contributed by atoms with E-state index in [2.05, 4.69) is 23.4 Å². The molecule has 66 valence electrons. The molecule has 1 aromatic heterocycles.